The first kappa shape index (κ1) is 23.0. The lowest BCUT2D eigenvalue weighted by Crippen LogP contribution is -2.40. The molecule has 31 heavy (non-hydrogen) atoms. The second-order valence-electron chi connectivity index (χ2n) is 6.89. The lowest BCUT2D eigenvalue weighted by Gasteiger charge is -2.27. The minimum Gasteiger partial charge on any atom is -0.484 e. The number of nitrogens with zero attached hydrogens (tertiary/aromatic N) is 1. The molecule has 0 atom stereocenters. The number of thiocarbonyl (C=S) groups is 1. The van der Waals surface area contributed by atoms with Crippen molar-refractivity contribution in [2.75, 3.05) is 38.2 Å². The van der Waals surface area contributed by atoms with E-state index in [0.29, 0.717) is 48.3 Å². The van der Waals surface area contributed by atoms with Crippen molar-refractivity contribution < 1.29 is 19.1 Å². The Kier molecular flexibility index (Phi) is 8.22. The predicted octanol–water partition coefficient (Wildman–Crippen LogP) is 3.27. The van der Waals surface area contributed by atoms with E-state index in [2.05, 4.69) is 17.6 Å². The molecule has 1 heterocycles. The van der Waals surface area contributed by atoms with Crippen LogP contribution in [0.2, 0.25) is 5.02 Å². The van der Waals surface area contributed by atoms with E-state index in [9.17, 15) is 9.59 Å². The Morgan fingerprint density at radius 1 is 1.16 bits per heavy atom. The summed E-state index contributed by atoms with van der Waals surface area (Å²) in [7, 11) is 0. The van der Waals surface area contributed by atoms with Gasteiger partial charge in [-0.25, -0.2) is 0 Å². The fourth-order valence-corrected chi connectivity index (χ4v) is 3.38. The molecule has 9 heteroatoms. The van der Waals surface area contributed by atoms with Gasteiger partial charge in [-0.3, -0.25) is 14.9 Å². The quantitative estimate of drug-likeness (QED) is 0.643. The van der Waals surface area contributed by atoms with Gasteiger partial charge in [-0.2, -0.15) is 0 Å². The number of aryl methyl sites for hydroxylation is 1. The van der Waals surface area contributed by atoms with Crippen molar-refractivity contribution >= 4 is 46.4 Å². The lowest BCUT2D eigenvalue weighted by atomic mass is 10.1. The van der Waals surface area contributed by atoms with Gasteiger partial charge in [0.2, 0.25) is 0 Å². The lowest BCUT2D eigenvalue weighted by molar-refractivity contribution is -0.121. The molecule has 2 amide bonds. The number of amides is 2. The summed E-state index contributed by atoms with van der Waals surface area (Å²) in [4.78, 5) is 26.5. The molecule has 2 aromatic carbocycles. The summed E-state index contributed by atoms with van der Waals surface area (Å²) in [5.41, 5.74) is 2.09. The molecule has 1 aliphatic rings. The second-order valence-corrected chi connectivity index (χ2v) is 7.70. The van der Waals surface area contributed by atoms with Crippen molar-refractivity contribution in [3.8, 4) is 5.75 Å². The third-order valence-corrected chi connectivity index (χ3v) is 5.25. The van der Waals surface area contributed by atoms with Crippen LogP contribution in [0.25, 0.3) is 0 Å². The summed E-state index contributed by atoms with van der Waals surface area (Å²) in [5.74, 6) is 0.0813. The smallest absolute Gasteiger partial charge is 0.264 e. The van der Waals surface area contributed by atoms with E-state index in [1.165, 1.54) is 5.56 Å². The van der Waals surface area contributed by atoms with Crippen molar-refractivity contribution in [3.05, 3.63) is 58.6 Å². The zero-order chi connectivity index (χ0) is 22.2. The summed E-state index contributed by atoms with van der Waals surface area (Å²) in [6, 6.07) is 12.4. The van der Waals surface area contributed by atoms with Crippen molar-refractivity contribution in [2.45, 2.75) is 13.3 Å². The Morgan fingerprint density at radius 3 is 2.55 bits per heavy atom. The SMILES string of the molecule is CCc1ccc(OCC(=O)NC(=S)Nc2cc(C(=O)N3CCOCC3)ccc2Cl)cc1. The molecule has 0 spiro atoms. The summed E-state index contributed by atoms with van der Waals surface area (Å²) in [6.45, 7) is 4.00. The van der Waals surface area contributed by atoms with E-state index >= 15 is 0 Å². The van der Waals surface area contributed by atoms with Crippen molar-refractivity contribution in [1.29, 1.82) is 0 Å². The van der Waals surface area contributed by atoms with Gasteiger partial charge < -0.3 is 19.7 Å². The predicted molar refractivity (Wildman–Crippen MR) is 124 cm³/mol. The van der Waals surface area contributed by atoms with Gasteiger partial charge in [0.15, 0.2) is 11.7 Å². The highest BCUT2D eigenvalue weighted by Gasteiger charge is 2.19. The normalized spacial score (nSPS) is 13.4. The molecule has 1 fully saturated rings. The number of carbonyl (C=O) groups is 2. The van der Waals surface area contributed by atoms with E-state index < -0.39 is 5.91 Å². The van der Waals surface area contributed by atoms with Crippen molar-refractivity contribution in [1.82, 2.24) is 10.2 Å². The Hall–Kier alpha value is -2.68. The molecular formula is C22H24ClN3O4S. The van der Waals surface area contributed by atoms with Gasteiger partial charge in [0.25, 0.3) is 11.8 Å². The largest absolute Gasteiger partial charge is 0.484 e. The van der Waals surface area contributed by atoms with Crippen molar-refractivity contribution in [3.63, 3.8) is 0 Å². The van der Waals surface area contributed by atoms with Crippen LogP contribution in [0.15, 0.2) is 42.5 Å². The summed E-state index contributed by atoms with van der Waals surface area (Å²) in [5, 5.41) is 5.86. The van der Waals surface area contributed by atoms with Crippen LogP contribution in [0.5, 0.6) is 5.75 Å². The van der Waals surface area contributed by atoms with Gasteiger partial charge in [-0.15, -0.1) is 0 Å². The average molecular weight is 462 g/mol. The third-order valence-electron chi connectivity index (χ3n) is 4.71. The van der Waals surface area contributed by atoms with Crippen LogP contribution < -0.4 is 15.4 Å². The van der Waals surface area contributed by atoms with Crippen LogP contribution in [-0.2, 0) is 16.0 Å². The zero-order valence-corrected chi connectivity index (χ0v) is 18.7. The third kappa shape index (κ3) is 6.65. The number of halogens is 1. The molecule has 164 valence electrons. The fraction of sp³-hybridized carbons (Fsp3) is 0.318. The highest BCUT2D eigenvalue weighted by Crippen LogP contribution is 2.24. The number of ether oxygens (including phenoxy) is 2. The van der Waals surface area contributed by atoms with E-state index in [1.807, 2.05) is 24.3 Å². The van der Waals surface area contributed by atoms with E-state index in [-0.39, 0.29) is 17.6 Å². The van der Waals surface area contributed by atoms with E-state index in [0.717, 1.165) is 6.42 Å². The maximum atomic E-state index is 12.7. The number of nitrogens with one attached hydrogen (secondary N) is 2. The molecule has 0 unspecified atom stereocenters. The fourth-order valence-electron chi connectivity index (χ4n) is 2.99. The number of rotatable bonds is 6. The number of carbonyl (C=O) groups excluding carboxylic acids is 2. The van der Waals surface area contributed by atoms with Crippen LogP contribution >= 0.6 is 23.8 Å². The van der Waals surface area contributed by atoms with Crippen molar-refractivity contribution in [2.24, 2.45) is 0 Å². The molecule has 0 saturated carbocycles. The van der Waals surface area contributed by atoms with Crippen LogP contribution in [0.3, 0.4) is 0 Å². The number of hydrogen-bond acceptors (Lipinski definition) is 5. The maximum absolute atomic E-state index is 12.7. The molecule has 1 aliphatic heterocycles. The summed E-state index contributed by atoms with van der Waals surface area (Å²) >= 11 is 11.4. The molecule has 2 N–H and O–H groups in total. The van der Waals surface area contributed by atoms with Gasteiger partial charge in [-0.1, -0.05) is 30.7 Å². The highest BCUT2D eigenvalue weighted by molar-refractivity contribution is 7.80. The number of morpholine rings is 1. The standard InChI is InChI=1S/C22H24ClN3O4S/c1-2-15-3-6-17(7-4-15)30-14-20(27)25-22(31)24-19-13-16(5-8-18(19)23)21(28)26-9-11-29-12-10-26/h3-8,13H,2,9-12,14H2,1H3,(H2,24,25,27,31). The number of hydrogen-bond donors (Lipinski definition) is 2. The summed E-state index contributed by atoms with van der Waals surface area (Å²) in [6.07, 6.45) is 0.933. The van der Waals surface area contributed by atoms with Crippen LogP contribution in [0.4, 0.5) is 5.69 Å². The molecule has 0 aromatic heterocycles. The monoisotopic (exact) mass is 461 g/mol. The molecule has 7 nitrogen and oxygen atoms in total. The minimum absolute atomic E-state index is 0.0628. The number of anilines is 1. The minimum atomic E-state index is -0.409. The molecule has 3 rings (SSSR count). The number of benzene rings is 2. The molecule has 0 bridgehead atoms. The van der Waals surface area contributed by atoms with Gasteiger partial charge in [-0.05, 0) is 54.5 Å². The Labute approximate surface area is 191 Å². The van der Waals surface area contributed by atoms with E-state index in [1.54, 1.807) is 23.1 Å². The van der Waals surface area contributed by atoms with Crippen LogP contribution in [0, 0.1) is 0 Å². The molecule has 1 saturated heterocycles. The first-order chi connectivity index (χ1) is 15.0. The second kappa shape index (κ2) is 11.1. The van der Waals surface area contributed by atoms with E-state index in [4.69, 9.17) is 33.3 Å². The Balaban J connectivity index is 1.54. The van der Waals surface area contributed by atoms with Gasteiger partial charge in [0, 0.05) is 18.7 Å². The first-order valence-electron chi connectivity index (χ1n) is 9.95. The molecule has 2 aromatic rings. The molecule has 0 radical (unpaired) electrons. The van der Waals surface area contributed by atoms with Crippen LogP contribution in [0.1, 0.15) is 22.8 Å². The van der Waals surface area contributed by atoms with Gasteiger partial charge >= 0.3 is 0 Å². The Bertz CT molecular complexity index is 946. The molecule has 0 aliphatic carbocycles. The average Bonchev–Trinajstić information content (AvgIpc) is 2.79. The first-order valence-corrected chi connectivity index (χ1v) is 10.7. The maximum Gasteiger partial charge on any atom is 0.264 e. The van der Waals surface area contributed by atoms with Gasteiger partial charge in [0.05, 0.1) is 23.9 Å². The van der Waals surface area contributed by atoms with Gasteiger partial charge in [0.1, 0.15) is 5.75 Å². The Morgan fingerprint density at radius 2 is 1.87 bits per heavy atom. The topological polar surface area (TPSA) is 79.9 Å². The molecular weight excluding hydrogens is 438 g/mol. The highest BCUT2D eigenvalue weighted by atomic mass is 35.5. The zero-order valence-electron chi connectivity index (χ0n) is 17.2. The van der Waals surface area contributed by atoms with Crippen LogP contribution in [-0.4, -0.2) is 54.7 Å². The summed E-state index contributed by atoms with van der Waals surface area (Å²) < 4.78 is 10.8.